The first kappa shape index (κ1) is 21.5. The fourth-order valence-electron chi connectivity index (χ4n) is 3.00. The molecule has 0 radical (unpaired) electrons. The minimum Gasteiger partial charge on any atom is -0.496 e. The van der Waals surface area contributed by atoms with Gasteiger partial charge in [-0.2, -0.15) is 0 Å². The minimum absolute atomic E-state index is 0.182. The number of carbonyl (C=O) groups is 1. The van der Waals surface area contributed by atoms with Crippen molar-refractivity contribution in [3.8, 4) is 23.0 Å². The SMILES string of the molecule is COc1cc2nccc(Oc3ccc(N)c(Cl)c3)c2cc1C(=O)Oc1ccc(N)c(Cl)c1. The molecule has 162 valence electrons. The first-order valence-electron chi connectivity index (χ1n) is 9.32. The van der Waals surface area contributed by atoms with Crippen molar-refractivity contribution in [3.05, 3.63) is 76.4 Å². The highest BCUT2D eigenvalue weighted by molar-refractivity contribution is 6.33. The van der Waals surface area contributed by atoms with Crippen molar-refractivity contribution in [2.45, 2.75) is 0 Å². The molecule has 0 aliphatic heterocycles. The fourth-order valence-corrected chi connectivity index (χ4v) is 3.34. The lowest BCUT2D eigenvalue weighted by Crippen LogP contribution is -2.10. The summed E-state index contributed by atoms with van der Waals surface area (Å²) >= 11 is 12.1. The number of halogens is 2. The smallest absolute Gasteiger partial charge is 0.347 e. The Hall–Kier alpha value is -3.68. The summed E-state index contributed by atoms with van der Waals surface area (Å²) in [6, 6.07) is 14.4. The van der Waals surface area contributed by atoms with E-state index in [4.69, 9.17) is 48.9 Å². The second-order valence-corrected chi connectivity index (χ2v) is 7.55. The van der Waals surface area contributed by atoms with Crippen LogP contribution in [0.3, 0.4) is 0 Å². The van der Waals surface area contributed by atoms with Crippen LogP contribution in [0.2, 0.25) is 10.0 Å². The third-order valence-electron chi connectivity index (χ3n) is 4.62. The van der Waals surface area contributed by atoms with E-state index in [2.05, 4.69) is 4.98 Å². The third kappa shape index (κ3) is 4.34. The molecule has 0 bridgehead atoms. The molecule has 9 heteroatoms. The molecule has 0 unspecified atom stereocenters. The van der Waals surface area contributed by atoms with Gasteiger partial charge in [0.15, 0.2) is 0 Å². The van der Waals surface area contributed by atoms with Gasteiger partial charge in [0.1, 0.15) is 28.6 Å². The van der Waals surface area contributed by atoms with Gasteiger partial charge in [0.25, 0.3) is 0 Å². The second-order valence-electron chi connectivity index (χ2n) is 6.74. The maximum absolute atomic E-state index is 12.9. The number of hydrogen-bond donors (Lipinski definition) is 2. The normalized spacial score (nSPS) is 10.7. The van der Waals surface area contributed by atoms with E-state index in [9.17, 15) is 4.79 Å². The average molecular weight is 470 g/mol. The molecule has 1 heterocycles. The predicted octanol–water partition coefficient (Wildman–Crippen LogP) is 5.73. The lowest BCUT2D eigenvalue weighted by atomic mass is 10.1. The molecule has 3 aromatic carbocycles. The molecule has 0 saturated heterocycles. The maximum Gasteiger partial charge on any atom is 0.347 e. The number of pyridine rings is 1. The minimum atomic E-state index is -0.644. The molecule has 0 atom stereocenters. The van der Waals surface area contributed by atoms with Crippen LogP contribution in [-0.2, 0) is 0 Å². The number of methoxy groups -OCH3 is 1. The number of esters is 1. The number of ether oxygens (including phenoxy) is 3. The standard InChI is InChI=1S/C23H17Cl2N3O4/c1-30-22-11-20-14(10-15(22)23(29)32-13-3-5-19(27)17(25)9-13)21(6-7-28-20)31-12-2-4-18(26)16(24)8-12/h2-11H,26-27H2,1H3. The van der Waals surface area contributed by atoms with Gasteiger partial charge in [0.05, 0.1) is 34.0 Å². The molecule has 4 aromatic rings. The highest BCUT2D eigenvalue weighted by Crippen LogP contribution is 2.35. The van der Waals surface area contributed by atoms with E-state index in [1.807, 2.05) is 0 Å². The van der Waals surface area contributed by atoms with Gasteiger partial charge in [0.2, 0.25) is 0 Å². The topological polar surface area (TPSA) is 110 Å². The molecular weight excluding hydrogens is 453 g/mol. The number of anilines is 2. The number of hydrogen-bond acceptors (Lipinski definition) is 7. The van der Waals surface area contributed by atoms with Crippen molar-refractivity contribution in [1.82, 2.24) is 4.98 Å². The number of carbonyl (C=O) groups excluding carboxylic acids is 1. The zero-order valence-electron chi connectivity index (χ0n) is 16.8. The van der Waals surface area contributed by atoms with Crippen LogP contribution in [0.25, 0.3) is 10.9 Å². The van der Waals surface area contributed by atoms with Crippen LogP contribution in [0.1, 0.15) is 10.4 Å². The zero-order chi connectivity index (χ0) is 22.8. The van der Waals surface area contributed by atoms with E-state index >= 15 is 0 Å². The summed E-state index contributed by atoms with van der Waals surface area (Å²) in [5, 5.41) is 1.22. The summed E-state index contributed by atoms with van der Waals surface area (Å²) in [4.78, 5) is 17.3. The van der Waals surface area contributed by atoms with Crippen molar-refractivity contribution in [2.75, 3.05) is 18.6 Å². The van der Waals surface area contributed by atoms with Gasteiger partial charge in [-0.3, -0.25) is 4.98 Å². The lowest BCUT2D eigenvalue weighted by Gasteiger charge is -2.13. The first-order chi connectivity index (χ1) is 15.4. The summed E-state index contributed by atoms with van der Waals surface area (Å²) in [6.07, 6.45) is 1.59. The largest absolute Gasteiger partial charge is 0.496 e. The van der Waals surface area contributed by atoms with E-state index in [-0.39, 0.29) is 16.3 Å². The van der Waals surface area contributed by atoms with E-state index < -0.39 is 5.97 Å². The Morgan fingerprint density at radius 3 is 2.19 bits per heavy atom. The van der Waals surface area contributed by atoms with Gasteiger partial charge in [0, 0.05) is 29.8 Å². The summed E-state index contributed by atoms with van der Waals surface area (Å²) in [7, 11) is 1.45. The van der Waals surface area contributed by atoms with Crippen molar-refractivity contribution >= 4 is 51.4 Å². The number of nitrogens with two attached hydrogens (primary N) is 2. The van der Waals surface area contributed by atoms with Crippen LogP contribution in [0.15, 0.2) is 60.8 Å². The molecule has 0 aliphatic carbocycles. The number of fused-ring (bicyclic) bond motifs is 1. The number of aromatic nitrogens is 1. The van der Waals surface area contributed by atoms with E-state index in [1.165, 1.54) is 13.2 Å². The van der Waals surface area contributed by atoms with Gasteiger partial charge < -0.3 is 25.7 Å². The molecule has 32 heavy (non-hydrogen) atoms. The van der Waals surface area contributed by atoms with Crippen molar-refractivity contribution in [2.24, 2.45) is 0 Å². The Bertz CT molecular complexity index is 1340. The molecule has 1 aromatic heterocycles. The quantitative estimate of drug-likeness (QED) is 0.218. The summed E-state index contributed by atoms with van der Waals surface area (Å²) in [6.45, 7) is 0. The second kappa shape index (κ2) is 8.82. The summed E-state index contributed by atoms with van der Waals surface area (Å²) in [5.41, 5.74) is 13.0. The van der Waals surface area contributed by atoms with Crippen LogP contribution >= 0.6 is 23.2 Å². The van der Waals surface area contributed by atoms with Crippen LogP contribution in [0.4, 0.5) is 11.4 Å². The molecule has 0 spiro atoms. The molecule has 0 amide bonds. The van der Waals surface area contributed by atoms with Gasteiger partial charge in [-0.15, -0.1) is 0 Å². The maximum atomic E-state index is 12.9. The summed E-state index contributed by atoms with van der Waals surface area (Å²) < 4.78 is 16.8. The number of nitrogens with zero attached hydrogens (tertiary/aromatic N) is 1. The number of nitrogen functional groups attached to an aromatic ring is 2. The Morgan fingerprint density at radius 1 is 0.875 bits per heavy atom. The van der Waals surface area contributed by atoms with Crippen LogP contribution < -0.4 is 25.7 Å². The van der Waals surface area contributed by atoms with Gasteiger partial charge in [-0.25, -0.2) is 4.79 Å². The molecule has 4 N–H and O–H groups in total. The van der Waals surface area contributed by atoms with Crippen LogP contribution in [0, 0.1) is 0 Å². The Morgan fingerprint density at radius 2 is 1.53 bits per heavy atom. The monoisotopic (exact) mass is 469 g/mol. The van der Waals surface area contributed by atoms with Crippen LogP contribution in [-0.4, -0.2) is 18.1 Å². The average Bonchev–Trinajstić information content (AvgIpc) is 2.78. The molecular formula is C23H17Cl2N3O4. The van der Waals surface area contributed by atoms with E-state index in [0.29, 0.717) is 44.5 Å². The Kier molecular flexibility index (Phi) is 5.94. The lowest BCUT2D eigenvalue weighted by molar-refractivity contribution is 0.0731. The summed E-state index contributed by atoms with van der Waals surface area (Å²) in [5.74, 6) is 0.839. The highest BCUT2D eigenvalue weighted by Gasteiger charge is 2.19. The van der Waals surface area contributed by atoms with Crippen molar-refractivity contribution in [3.63, 3.8) is 0 Å². The predicted molar refractivity (Wildman–Crippen MR) is 125 cm³/mol. The van der Waals surface area contributed by atoms with Gasteiger partial charge in [-0.1, -0.05) is 23.2 Å². The highest BCUT2D eigenvalue weighted by atomic mass is 35.5. The third-order valence-corrected chi connectivity index (χ3v) is 5.28. The van der Waals surface area contributed by atoms with Crippen LogP contribution in [0.5, 0.6) is 23.0 Å². The van der Waals surface area contributed by atoms with Crippen molar-refractivity contribution in [1.29, 1.82) is 0 Å². The molecule has 4 rings (SSSR count). The molecule has 0 aliphatic rings. The number of benzene rings is 3. The molecule has 0 saturated carbocycles. The van der Waals surface area contributed by atoms with Gasteiger partial charge >= 0.3 is 5.97 Å². The molecule has 7 nitrogen and oxygen atoms in total. The van der Waals surface area contributed by atoms with Gasteiger partial charge in [-0.05, 0) is 36.4 Å². The fraction of sp³-hybridized carbons (Fsp3) is 0.0435. The first-order valence-corrected chi connectivity index (χ1v) is 10.1. The Balaban J connectivity index is 1.73. The van der Waals surface area contributed by atoms with Crippen molar-refractivity contribution < 1.29 is 19.0 Å². The Labute approximate surface area is 193 Å². The van der Waals surface area contributed by atoms with E-state index in [1.54, 1.807) is 54.7 Å². The number of rotatable bonds is 5. The zero-order valence-corrected chi connectivity index (χ0v) is 18.3. The molecule has 0 fully saturated rings. The van der Waals surface area contributed by atoms with E-state index in [0.717, 1.165) is 0 Å².